The molecule has 1 aliphatic rings. The molecular weight excluding hydrogens is 291 g/mol. The lowest BCUT2D eigenvalue weighted by Crippen LogP contribution is -2.47. The predicted octanol–water partition coefficient (Wildman–Crippen LogP) is 1.98. The van der Waals surface area contributed by atoms with Gasteiger partial charge in [-0.15, -0.1) is 0 Å². The van der Waals surface area contributed by atoms with E-state index in [0.29, 0.717) is 13.0 Å². The third-order valence-electron chi connectivity index (χ3n) is 3.33. The Morgan fingerprint density at radius 1 is 1.42 bits per heavy atom. The van der Waals surface area contributed by atoms with E-state index in [2.05, 4.69) is 0 Å². The van der Waals surface area contributed by atoms with Crippen molar-refractivity contribution in [3.05, 3.63) is 29.0 Å². The van der Waals surface area contributed by atoms with Gasteiger partial charge in [0.2, 0.25) is 10.0 Å². The van der Waals surface area contributed by atoms with Crippen LogP contribution in [0.1, 0.15) is 19.3 Å². The highest BCUT2D eigenvalue weighted by atomic mass is 35.5. The molecule has 2 rings (SSSR count). The van der Waals surface area contributed by atoms with Crippen molar-refractivity contribution in [2.75, 3.05) is 13.1 Å². The summed E-state index contributed by atoms with van der Waals surface area (Å²) in [4.78, 5) is -0.336. The van der Waals surface area contributed by atoms with Crippen LogP contribution in [0.2, 0.25) is 5.02 Å². The van der Waals surface area contributed by atoms with Crippen molar-refractivity contribution in [3.63, 3.8) is 0 Å². The number of halogens is 2. The van der Waals surface area contributed by atoms with Crippen LogP contribution in [-0.4, -0.2) is 31.9 Å². The molecule has 1 aromatic carbocycles. The van der Waals surface area contributed by atoms with E-state index in [4.69, 9.17) is 17.3 Å². The molecule has 0 saturated carbocycles. The van der Waals surface area contributed by atoms with E-state index >= 15 is 0 Å². The SMILES string of the molecule is NCC1CCCCN1S(=O)(=O)c1ccc(Cl)cc1F. The topological polar surface area (TPSA) is 63.4 Å². The Kier molecular flexibility index (Phi) is 4.45. The van der Waals surface area contributed by atoms with Gasteiger partial charge in [-0.1, -0.05) is 18.0 Å². The summed E-state index contributed by atoms with van der Waals surface area (Å²) in [6.07, 6.45) is 2.42. The second-order valence-corrected chi connectivity index (χ2v) is 6.87. The van der Waals surface area contributed by atoms with Crippen LogP contribution in [0.15, 0.2) is 23.1 Å². The lowest BCUT2D eigenvalue weighted by molar-refractivity contribution is 0.257. The van der Waals surface area contributed by atoms with Gasteiger partial charge in [-0.2, -0.15) is 4.31 Å². The van der Waals surface area contributed by atoms with E-state index < -0.39 is 15.8 Å². The molecule has 0 radical (unpaired) electrons. The Balaban J connectivity index is 2.40. The van der Waals surface area contributed by atoms with Crippen LogP contribution < -0.4 is 5.73 Å². The van der Waals surface area contributed by atoms with Crippen molar-refractivity contribution in [2.24, 2.45) is 5.73 Å². The van der Waals surface area contributed by atoms with Crippen molar-refractivity contribution < 1.29 is 12.8 Å². The fourth-order valence-electron chi connectivity index (χ4n) is 2.34. The van der Waals surface area contributed by atoms with Gasteiger partial charge in [-0.05, 0) is 31.0 Å². The van der Waals surface area contributed by atoms with Crippen LogP contribution in [0.3, 0.4) is 0 Å². The molecule has 4 nitrogen and oxygen atoms in total. The maximum Gasteiger partial charge on any atom is 0.246 e. The molecule has 1 unspecified atom stereocenters. The molecule has 7 heteroatoms. The summed E-state index contributed by atoms with van der Waals surface area (Å²) in [6.45, 7) is 0.626. The first-order valence-corrected chi connectivity index (χ1v) is 7.95. The number of piperidine rings is 1. The summed E-state index contributed by atoms with van der Waals surface area (Å²) in [6, 6.07) is 3.33. The normalized spacial score (nSPS) is 21.5. The molecule has 106 valence electrons. The van der Waals surface area contributed by atoms with E-state index in [0.717, 1.165) is 18.9 Å². The first-order valence-electron chi connectivity index (χ1n) is 6.14. The Labute approximate surface area is 117 Å². The molecule has 1 atom stereocenters. The maximum atomic E-state index is 13.8. The standard InChI is InChI=1S/C12H16ClFN2O2S/c13-9-4-5-12(11(14)7-9)19(17,18)16-6-2-1-3-10(16)8-15/h4-5,7,10H,1-3,6,8,15H2. The molecule has 1 heterocycles. The minimum Gasteiger partial charge on any atom is -0.329 e. The van der Waals surface area contributed by atoms with Gasteiger partial charge in [0.15, 0.2) is 0 Å². The van der Waals surface area contributed by atoms with Crippen LogP contribution in [0.4, 0.5) is 4.39 Å². The molecule has 0 amide bonds. The highest BCUT2D eigenvalue weighted by Gasteiger charge is 2.34. The van der Waals surface area contributed by atoms with Gasteiger partial charge in [0.05, 0.1) is 0 Å². The fraction of sp³-hybridized carbons (Fsp3) is 0.500. The quantitative estimate of drug-likeness (QED) is 0.929. The second kappa shape index (κ2) is 5.75. The monoisotopic (exact) mass is 306 g/mol. The van der Waals surface area contributed by atoms with Crippen molar-refractivity contribution in [2.45, 2.75) is 30.2 Å². The zero-order chi connectivity index (χ0) is 14.0. The molecule has 0 bridgehead atoms. The Bertz CT molecular complexity index is 565. The molecular formula is C12H16ClFN2O2S. The third-order valence-corrected chi connectivity index (χ3v) is 5.55. The molecule has 19 heavy (non-hydrogen) atoms. The molecule has 0 aromatic heterocycles. The van der Waals surface area contributed by atoms with Crippen LogP contribution in [0.5, 0.6) is 0 Å². The highest BCUT2D eigenvalue weighted by molar-refractivity contribution is 7.89. The van der Waals surface area contributed by atoms with Crippen molar-refractivity contribution in [3.8, 4) is 0 Å². The molecule has 0 aliphatic carbocycles. The van der Waals surface area contributed by atoms with Gasteiger partial charge in [0.25, 0.3) is 0 Å². The summed E-state index contributed by atoms with van der Waals surface area (Å²) in [7, 11) is -3.85. The second-order valence-electron chi connectivity index (χ2n) is 4.58. The smallest absolute Gasteiger partial charge is 0.246 e. The van der Waals surface area contributed by atoms with Crippen LogP contribution in [0, 0.1) is 5.82 Å². The van der Waals surface area contributed by atoms with Crippen molar-refractivity contribution in [1.29, 1.82) is 0 Å². The summed E-state index contributed by atoms with van der Waals surface area (Å²) in [5.74, 6) is -0.825. The summed E-state index contributed by atoms with van der Waals surface area (Å²) in [5, 5.41) is 0.172. The average molecular weight is 307 g/mol. The lowest BCUT2D eigenvalue weighted by Gasteiger charge is -2.33. The zero-order valence-electron chi connectivity index (χ0n) is 10.4. The number of benzene rings is 1. The maximum absolute atomic E-state index is 13.8. The van der Waals surface area contributed by atoms with Gasteiger partial charge in [0.1, 0.15) is 10.7 Å². The van der Waals surface area contributed by atoms with E-state index in [1.54, 1.807) is 0 Å². The average Bonchev–Trinajstić information content (AvgIpc) is 2.38. The van der Waals surface area contributed by atoms with Gasteiger partial charge in [-0.25, -0.2) is 12.8 Å². The zero-order valence-corrected chi connectivity index (χ0v) is 11.9. The van der Waals surface area contributed by atoms with Gasteiger partial charge in [0, 0.05) is 24.2 Å². The molecule has 0 spiro atoms. The van der Waals surface area contributed by atoms with Crippen LogP contribution in [-0.2, 0) is 10.0 Å². The number of hydrogen-bond acceptors (Lipinski definition) is 3. The van der Waals surface area contributed by atoms with E-state index in [1.807, 2.05) is 0 Å². The van der Waals surface area contributed by atoms with E-state index in [1.165, 1.54) is 16.4 Å². The molecule has 1 aromatic rings. The number of nitrogens with two attached hydrogens (primary N) is 1. The number of rotatable bonds is 3. The summed E-state index contributed by atoms with van der Waals surface area (Å²) < 4.78 is 40.1. The van der Waals surface area contributed by atoms with E-state index in [-0.39, 0.29) is 22.5 Å². The number of hydrogen-bond donors (Lipinski definition) is 1. The molecule has 1 aliphatic heterocycles. The van der Waals surface area contributed by atoms with Crippen molar-refractivity contribution in [1.82, 2.24) is 4.31 Å². The lowest BCUT2D eigenvalue weighted by atomic mass is 10.1. The minimum atomic E-state index is -3.85. The largest absolute Gasteiger partial charge is 0.329 e. The van der Waals surface area contributed by atoms with Gasteiger partial charge in [-0.3, -0.25) is 0 Å². The van der Waals surface area contributed by atoms with Gasteiger partial charge >= 0.3 is 0 Å². The Morgan fingerprint density at radius 2 is 2.16 bits per heavy atom. The first-order chi connectivity index (χ1) is 8.96. The predicted molar refractivity (Wildman–Crippen MR) is 72.0 cm³/mol. The molecule has 2 N–H and O–H groups in total. The summed E-state index contributed by atoms with van der Waals surface area (Å²) >= 11 is 5.64. The van der Waals surface area contributed by atoms with Gasteiger partial charge < -0.3 is 5.73 Å². The first kappa shape index (κ1) is 14.7. The Morgan fingerprint density at radius 3 is 2.79 bits per heavy atom. The number of nitrogens with zero attached hydrogens (tertiary/aromatic N) is 1. The third kappa shape index (κ3) is 2.91. The van der Waals surface area contributed by atoms with E-state index in [9.17, 15) is 12.8 Å². The van der Waals surface area contributed by atoms with Crippen molar-refractivity contribution >= 4 is 21.6 Å². The summed E-state index contributed by atoms with van der Waals surface area (Å²) in [5.41, 5.74) is 5.61. The van der Waals surface area contributed by atoms with Crippen LogP contribution >= 0.6 is 11.6 Å². The molecule has 1 saturated heterocycles. The molecule has 1 fully saturated rings. The fourth-order valence-corrected chi connectivity index (χ4v) is 4.25. The Hall–Kier alpha value is -0.690. The minimum absolute atomic E-state index is 0.172. The highest BCUT2D eigenvalue weighted by Crippen LogP contribution is 2.27. The van der Waals surface area contributed by atoms with Crippen LogP contribution in [0.25, 0.3) is 0 Å². The number of sulfonamides is 1.